The van der Waals surface area contributed by atoms with Gasteiger partial charge in [-0.2, -0.15) is 0 Å². The van der Waals surface area contributed by atoms with Crippen LogP contribution >= 0.6 is 0 Å². The number of nitrogens with two attached hydrogens (primary N) is 4. The van der Waals surface area contributed by atoms with Gasteiger partial charge in [0.15, 0.2) is 18.3 Å². The van der Waals surface area contributed by atoms with Gasteiger partial charge >= 0.3 is 23.9 Å². The molecule has 13 nitrogen and oxygen atoms in total. The molecule has 0 unspecified atom stereocenters. The fourth-order valence-electron chi connectivity index (χ4n) is 4.62. The summed E-state index contributed by atoms with van der Waals surface area (Å²) >= 11 is 0. The van der Waals surface area contributed by atoms with Crippen LogP contribution in [0.4, 0.5) is 0 Å². The Kier molecular flexibility index (Phi) is 22.5. The first-order valence-electron chi connectivity index (χ1n) is 16.0. The molecular formula is C30H56N4O9. The van der Waals surface area contributed by atoms with E-state index in [9.17, 15) is 19.2 Å². The summed E-state index contributed by atoms with van der Waals surface area (Å²) < 4.78 is 28.7. The molecule has 0 aromatic carbocycles. The first kappa shape index (κ1) is 38.7. The van der Waals surface area contributed by atoms with Crippen LogP contribution in [0.3, 0.4) is 0 Å². The smallest absolute Gasteiger partial charge is 0.306 e. The standard InChI is InChI=1S/C30H56N4O9/c31-17-9-1-5-13-25(35)40-21-23-29(42-27(37)15-7-3-11-19-33)30(43-28(38)16-8-4-12-20-34)24(22-39-23)41-26(36)14-6-2-10-18-32/h23-24,29-30H,1-22,31-34H2/t23-,24+,29-,30-/m1/s1. The van der Waals surface area contributed by atoms with Gasteiger partial charge in [0.1, 0.15) is 12.7 Å². The number of rotatable bonds is 25. The average Bonchev–Trinajstić information content (AvgIpc) is 2.99. The molecule has 43 heavy (non-hydrogen) atoms. The third-order valence-corrected chi connectivity index (χ3v) is 7.10. The van der Waals surface area contributed by atoms with Gasteiger partial charge in [0.05, 0.1) is 6.61 Å². The average molecular weight is 617 g/mol. The lowest BCUT2D eigenvalue weighted by Gasteiger charge is -2.40. The normalized spacial score (nSPS) is 19.9. The molecule has 250 valence electrons. The number of esters is 4. The summed E-state index contributed by atoms with van der Waals surface area (Å²) in [5, 5.41) is 0. The highest BCUT2D eigenvalue weighted by Gasteiger charge is 2.47. The van der Waals surface area contributed by atoms with Crippen molar-refractivity contribution in [1.29, 1.82) is 0 Å². The molecule has 0 spiro atoms. The molecule has 0 radical (unpaired) electrons. The van der Waals surface area contributed by atoms with E-state index in [4.69, 9.17) is 46.6 Å². The van der Waals surface area contributed by atoms with E-state index in [1.165, 1.54) is 0 Å². The first-order chi connectivity index (χ1) is 20.9. The molecule has 0 amide bonds. The summed E-state index contributed by atoms with van der Waals surface area (Å²) in [6.45, 7) is 1.79. The van der Waals surface area contributed by atoms with Gasteiger partial charge in [0.2, 0.25) is 0 Å². The molecule has 1 rings (SSSR count). The highest BCUT2D eigenvalue weighted by molar-refractivity contribution is 5.72. The molecule has 8 N–H and O–H groups in total. The molecule has 1 aliphatic heterocycles. The van der Waals surface area contributed by atoms with Crippen molar-refractivity contribution >= 4 is 23.9 Å². The van der Waals surface area contributed by atoms with Crippen LogP contribution < -0.4 is 22.9 Å². The minimum absolute atomic E-state index is 0.121. The Morgan fingerprint density at radius 2 is 0.907 bits per heavy atom. The van der Waals surface area contributed by atoms with Crippen LogP contribution in [0.2, 0.25) is 0 Å². The zero-order chi connectivity index (χ0) is 31.7. The lowest BCUT2D eigenvalue weighted by Crippen LogP contribution is -2.59. The summed E-state index contributed by atoms with van der Waals surface area (Å²) in [6, 6.07) is 0. The van der Waals surface area contributed by atoms with Gasteiger partial charge in [-0.05, 0) is 77.5 Å². The van der Waals surface area contributed by atoms with Crippen LogP contribution in [0.1, 0.15) is 103 Å². The van der Waals surface area contributed by atoms with Gasteiger partial charge in [-0.1, -0.05) is 25.7 Å². The fourth-order valence-corrected chi connectivity index (χ4v) is 4.62. The van der Waals surface area contributed by atoms with Gasteiger partial charge in [0, 0.05) is 25.7 Å². The van der Waals surface area contributed by atoms with E-state index < -0.39 is 48.3 Å². The van der Waals surface area contributed by atoms with E-state index in [-0.39, 0.29) is 38.9 Å². The zero-order valence-corrected chi connectivity index (χ0v) is 25.8. The Labute approximate surface area is 256 Å². The number of hydrogen-bond donors (Lipinski definition) is 4. The first-order valence-corrected chi connectivity index (χ1v) is 16.0. The van der Waals surface area contributed by atoms with Crippen LogP contribution in [-0.2, 0) is 42.9 Å². The fraction of sp³-hybridized carbons (Fsp3) is 0.867. The predicted molar refractivity (Wildman–Crippen MR) is 160 cm³/mol. The Hall–Kier alpha value is -2.32. The quantitative estimate of drug-likeness (QED) is 0.0653. The van der Waals surface area contributed by atoms with Gasteiger partial charge in [-0.25, -0.2) is 0 Å². The number of carbonyl (C=O) groups is 4. The van der Waals surface area contributed by atoms with Crippen molar-refractivity contribution < 1.29 is 42.9 Å². The summed E-state index contributed by atoms with van der Waals surface area (Å²) in [6.07, 6.45) is 5.03. The second kappa shape index (κ2) is 25.1. The number of ether oxygens (including phenoxy) is 5. The van der Waals surface area contributed by atoms with Crippen LogP contribution in [0.5, 0.6) is 0 Å². The maximum atomic E-state index is 12.9. The molecule has 1 aliphatic rings. The molecule has 0 bridgehead atoms. The highest BCUT2D eigenvalue weighted by Crippen LogP contribution is 2.26. The molecule has 1 fully saturated rings. The van der Waals surface area contributed by atoms with Crippen LogP contribution in [0, 0.1) is 0 Å². The number of carbonyl (C=O) groups excluding carboxylic acids is 4. The van der Waals surface area contributed by atoms with Crippen molar-refractivity contribution in [1.82, 2.24) is 0 Å². The molecular weight excluding hydrogens is 560 g/mol. The van der Waals surface area contributed by atoms with E-state index in [2.05, 4.69) is 0 Å². The molecule has 0 aromatic rings. The maximum absolute atomic E-state index is 12.9. The van der Waals surface area contributed by atoms with E-state index in [0.29, 0.717) is 51.9 Å². The molecule has 0 aliphatic carbocycles. The van der Waals surface area contributed by atoms with Crippen molar-refractivity contribution in [2.24, 2.45) is 22.9 Å². The second-order valence-corrected chi connectivity index (χ2v) is 10.9. The molecule has 1 heterocycles. The number of hydrogen-bond acceptors (Lipinski definition) is 13. The Balaban J connectivity index is 3.05. The van der Waals surface area contributed by atoms with Crippen molar-refractivity contribution in [2.45, 2.75) is 127 Å². The topological polar surface area (TPSA) is 219 Å². The third-order valence-electron chi connectivity index (χ3n) is 7.10. The van der Waals surface area contributed by atoms with Crippen LogP contribution in [0.15, 0.2) is 0 Å². The second-order valence-electron chi connectivity index (χ2n) is 10.9. The lowest BCUT2D eigenvalue weighted by molar-refractivity contribution is -0.233. The van der Waals surface area contributed by atoms with E-state index in [1.807, 2.05) is 0 Å². The predicted octanol–water partition coefficient (Wildman–Crippen LogP) is 1.74. The van der Waals surface area contributed by atoms with Gasteiger partial charge in [-0.15, -0.1) is 0 Å². The molecule has 4 atom stereocenters. The maximum Gasteiger partial charge on any atom is 0.306 e. The van der Waals surface area contributed by atoms with Crippen molar-refractivity contribution in [2.75, 3.05) is 39.4 Å². The van der Waals surface area contributed by atoms with E-state index in [0.717, 1.165) is 51.4 Å². The molecule has 0 aromatic heterocycles. The zero-order valence-electron chi connectivity index (χ0n) is 25.8. The van der Waals surface area contributed by atoms with Crippen molar-refractivity contribution in [3.63, 3.8) is 0 Å². The van der Waals surface area contributed by atoms with E-state index in [1.54, 1.807) is 0 Å². The molecule has 13 heteroatoms. The van der Waals surface area contributed by atoms with Crippen molar-refractivity contribution in [3.8, 4) is 0 Å². The Morgan fingerprint density at radius 3 is 1.35 bits per heavy atom. The summed E-state index contributed by atoms with van der Waals surface area (Å²) in [5.41, 5.74) is 22.1. The van der Waals surface area contributed by atoms with E-state index >= 15 is 0 Å². The number of unbranched alkanes of at least 4 members (excludes halogenated alkanes) is 8. The largest absolute Gasteiger partial charge is 0.463 e. The van der Waals surface area contributed by atoms with Gasteiger partial charge in [-0.3, -0.25) is 19.2 Å². The van der Waals surface area contributed by atoms with Gasteiger partial charge in [0.25, 0.3) is 0 Å². The monoisotopic (exact) mass is 616 g/mol. The minimum Gasteiger partial charge on any atom is -0.463 e. The minimum atomic E-state index is -1.15. The molecule has 0 saturated carbocycles. The molecule has 1 saturated heterocycles. The van der Waals surface area contributed by atoms with Gasteiger partial charge < -0.3 is 46.6 Å². The highest BCUT2D eigenvalue weighted by atomic mass is 16.7. The summed E-state index contributed by atoms with van der Waals surface area (Å²) in [5.74, 6) is -1.95. The van der Waals surface area contributed by atoms with Crippen LogP contribution in [0.25, 0.3) is 0 Å². The SMILES string of the molecule is NCCCCCC(=O)OC[C@H]1OC[C@H](OC(=O)CCCCCN)[C@@H](OC(=O)CCCCCN)[C@@H]1OC(=O)CCCCCN. The van der Waals surface area contributed by atoms with Crippen LogP contribution in [-0.4, -0.2) is 87.7 Å². The Morgan fingerprint density at radius 1 is 0.512 bits per heavy atom. The lowest BCUT2D eigenvalue weighted by atomic mass is 9.99. The summed E-state index contributed by atoms with van der Waals surface area (Å²) in [4.78, 5) is 50.8. The third kappa shape index (κ3) is 18.2. The Bertz CT molecular complexity index is 787. The van der Waals surface area contributed by atoms with Crippen molar-refractivity contribution in [3.05, 3.63) is 0 Å². The summed E-state index contributed by atoms with van der Waals surface area (Å²) in [7, 11) is 0.